The van der Waals surface area contributed by atoms with Gasteiger partial charge in [-0.3, -0.25) is 15.1 Å². The van der Waals surface area contributed by atoms with Crippen LogP contribution in [-0.4, -0.2) is 11.1 Å². The lowest BCUT2D eigenvalue weighted by Crippen LogP contribution is -1.96. The van der Waals surface area contributed by atoms with Gasteiger partial charge >= 0.3 is 0 Å². The Morgan fingerprint density at radius 3 is 2.87 bits per heavy atom. The van der Waals surface area contributed by atoms with Gasteiger partial charge in [0.25, 0.3) is 5.70 Å². The molecule has 7 heteroatoms. The van der Waals surface area contributed by atoms with Gasteiger partial charge in [-0.05, 0) is 37.6 Å². The average Bonchev–Trinajstić information content (AvgIpc) is 2.65. The fraction of sp³-hybridized carbons (Fsp3) is 0.188. The molecule has 0 amide bonds. The number of halogens is 1. The first kappa shape index (κ1) is 15.4. The van der Waals surface area contributed by atoms with Crippen LogP contribution in [-0.2, 0) is 4.74 Å². The van der Waals surface area contributed by atoms with Crippen LogP contribution in [0.1, 0.15) is 22.6 Å². The summed E-state index contributed by atoms with van der Waals surface area (Å²) >= 11 is 1.51. The third-order valence-corrected chi connectivity index (χ3v) is 4.32. The van der Waals surface area contributed by atoms with Gasteiger partial charge < -0.3 is 4.74 Å². The van der Waals surface area contributed by atoms with E-state index in [1.165, 1.54) is 23.5 Å². The first-order valence-electron chi connectivity index (χ1n) is 6.98. The van der Waals surface area contributed by atoms with Gasteiger partial charge in [-0.1, -0.05) is 0 Å². The van der Waals surface area contributed by atoms with E-state index in [0.717, 1.165) is 21.5 Å². The lowest BCUT2D eigenvalue weighted by molar-refractivity contribution is -0.419. The van der Waals surface area contributed by atoms with Crippen LogP contribution in [0.4, 0.5) is 10.1 Å². The SMILES string of the molecule is Cc1cc2c(s1)C(OC1=CCC=C([N+](=O)[O-])C=C1F)=CCC=N2. The Kier molecular flexibility index (Phi) is 4.20. The van der Waals surface area contributed by atoms with E-state index in [4.69, 9.17) is 4.74 Å². The van der Waals surface area contributed by atoms with Gasteiger partial charge in [-0.15, -0.1) is 11.3 Å². The zero-order chi connectivity index (χ0) is 16.4. The molecule has 118 valence electrons. The van der Waals surface area contributed by atoms with Crippen LogP contribution in [0.15, 0.2) is 52.6 Å². The zero-order valence-electron chi connectivity index (χ0n) is 12.3. The highest BCUT2D eigenvalue weighted by Gasteiger charge is 2.20. The second-order valence-corrected chi connectivity index (χ2v) is 6.23. The van der Waals surface area contributed by atoms with Crippen LogP contribution in [0.2, 0.25) is 0 Å². The van der Waals surface area contributed by atoms with Crippen molar-refractivity contribution in [3.8, 4) is 0 Å². The van der Waals surface area contributed by atoms with Crippen LogP contribution in [0.3, 0.4) is 0 Å². The van der Waals surface area contributed by atoms with Crippen molar-refractivity contribution in [2.45, 2.75) is 19.8 Å². The molecule has 1 aromatic rings. The smallest absolute Gasteiger partial charge is 0.268 e. The Morgan fingerprint density at radius 2 is 2.09 bits per heavy atom. The van der Waals surface area contributed by atoms with Crippen molar-refractivity contribution in [1.29, 1.82) is 0 Å². The minimum Gasteiger partial charge on any atom is -0.453 e. The number of aryl methyl sites for hydroxylation is 1. The summed E-state index contributed by atoms with van der Waals surface area (Å²) in [5.74, 6) is -0.246. The zero-order valence-corrected chi connectivity index (χ0v) is 13.1. The lowest BCUT2D eigenvalue weighted by Gasteiger charge is -2.10. The maximum atomic E-state index is 14.2. The van der Waals surface area contributed by atoms with Gasteiger partial charge in [0, 0.05) is 17.5 Å². The molecule has 5 nitrogen and oxygen atoms in total. The number of nitrogens with zero attached hydrogens (tertiary/aromatic N) is 2. The Labute approximate surface area is 136 Å². The van der Waals surface area contributed by atoms with Gasteiger partial charge in [0.05, 0.1) is 21.6 Å². The van der Waals surface area contributed by atoms with Crippen LogP contribution < -0.4 is 0 Å². The number of fused-ring (bicyclic) bond motifs is 1. The first-order chi connectivity index (χ1) is 11.0. The molecule has 0 aromatic carbocycles. The molecule has 2 heterocycles. The number of hydrogen-bond donors (Lipinski definition) is 0. The molecule has 0 unspecified atom stereocenters. The summed E-state index contributed by atoms with van der Waals surface area (Å²) in [7, 11) is 0. The summed E-state index contributed by atoms with van der Waals surface area (Å²) in [5, 5.41) is 10.8. The molecule has 23 heavy (non-hydrogen) atoms. The Balaban J connectivity index is 1.89. The Hall–Kier alpha value is -2.54. The van der Waals surface area contributed by atoms with E-state index in [-0.39, 0.29) is 17.9 Å². The van der Waals surface area contributed by atoms with E-state index in [9.17, 15) is 14.5 Å². The Morgan fingerprint density at radius 1 is 1.30 bits per heavy atom. The number of aliphatic imine (C=N–C) groups is 1. The molecule has 0 spiro atoms. The number of allylic oxidation sites excluding steroid dienone is 5. The van der Waals surface area contributed by atoms with Crippen molar-refractivity contribution in [2.24, 2.45) is 4.99 Å². The molecular formula is C16H13FN2O3S. The third-order valence-electron chi connectivity index (χ3n) is 3.27. The average molecular weight is 332 g/mol. The summed E-state index contributed by atoms with van der Waals surface area (Å²) in [5.41, 5.74) is 0.516. The van der Waals surface area contributed by atoms with Crippen molar-refractivity contribution < 1.29 is 14.1 Å². The van der Waals surface area contributed by atoms with E-state index in [2.05, 4.69) is 4.99 Å². The maximum Gasteiger partial charge on any atom is 0.268 e. The number of hydrogen-bond acceptors (Lipinski definition) is 5. The molecule has 0 saturated carbocycles. The maximum absolute atomic E-state index is 14.2. The molecule has 1 aromatic heterocycles. The third kappa shape index (κ3) is 3.29. The number of ether oxygens (including phenoxy) is 1. The molecule has 1 aliphatic carbocycles. The van der Waals surface area contributed by atoms with Crippen LogP contribution >= 0.6 is 11.3 Å². The number of rotatable bonds is 3. The van der Waals surface area contributed by atoms with Crippen molar-refractivity contribution >= 4 is 29.0 Å². The molecule has 0 N–H and O–H groups in total. The minimum absolute atomic E-state index is 0.0109. The van der Waals surface area contributed by atoms with Gasteiger partial charge in [-0.2, -0.15) is 0 Å². The minimum atomic E-state index is -0.758. The van der Waals surface area contributed by atoms with Crippen LogP contribution in [0.25, 0.3) is 5.76 Å². The summed E-state index contributed by atoms with van der Waals surface area (Å²) in [6.45, 7) is 1.96. The molecule has 0 radical (unpaired) electrons. The molecule has 1 aliphatic heterocycles. The molecule has 0 atom stereocenters. The Bertz CT molecular complexity index is 815. The fourth-order valence-electron chi connectivity index (χ4n) is 2.24. The second-order valence-electron chi connectivity index (χ2n) is 4.97. The second kappa shape index (κ2) is 6.29. The highest BCUT2D eigenvalue weighted by molar-refractivity contribution is 7.13. The predicted octanol–water partition coefficient (Wildman–Crippen LogP) is 4.82. The van der Waals surface area contributed by atoms with Gasteiger partial charge in [0.1, 0.15) is 5.76 Å². The van der Waals surface area contributed by atoms with Gasteiger partial charge in [-0.25, -0.2) is 4.39 Å². The highest BCUT2D eigenvalue weighted by atomic mass is 32.1. The van der Waals surface area contributed by atoms with E-state index >= 15 is 0 Å². The number of thiophene rings is 1. The van der Waals surface area contributed by atoms with Gasteiger partial charge in [0.15, 0.2) is 11.6 Å². The fourth-order valence-corrected chi connectivity index (χ4v) is 3.18. The van der Waals surface area contributed by atoms with Crippen LogP contribution in [0, 0.1) is 17.0 Å². The molecule has 0 fully saturated rings. The largest absolute Gasteiger partial charge is 0.453 e. The summed E-state index contributed by atoms with van der Waals surface area (Å²) in [6, 6.07) is 1.94. The van der Waals surface area contributed by atoms with E-state index in [0.29, 0.717) is 12.2 Å². The van der Waals surface area contributed by atoms with E-state index < -0.39 is 10.8 Å². The van der Waals surface area contributed by atoms with Crippen molar-refractivity contribution in [3.05, 3.63) is 67.5 Å². The monoisotopic (exact) mass is 332 g/mol. The summed E-state index contributed by atoms with van der Waals surface area (Å²) in [6.07, 6.45) is 8.12. The predicted molar refractivity (Wildman–Crippen MR) is 87.9 cm³/mol. The lowest BCUT2D eigenvalue weighted by atomic mass is 10.3. The topological polar surface area (TPSA) is 64.7 Å². The van der Waals surface area contributed by atoms with Gasteiger partial charge in [0.2, 0.25) is 0 Å². The number of nitro groups is 1. The molecule has 2 aliphatic rings. The summed E-state index contributed by atoms with van der Waals surface area (Å²) in [4.78, 5) is 16.4. The van der Waals surface area contributed by atoms with Crippen molar-refractivity contribution in [1.82, 2.24) is 0 Å². The quantitative estimate of drug-likeness (QED) is 0.588. The highest BCUT2D eigenvalue weighted by Crippen LogP contribution is 2.39. The van der Waals surface area contributed by atoms with E-state index in [1.54, 1.807) is 6.21 Å². The molecule has 0 bridgehead atoms. The van der Waals surface area contributed by atoms with Crippen molar-refractivity contribution in [2.75, 3.05) is 0 Å². The van der Waals surface area contributed by atoms with Crippen LogP contribution in [0.5, 0.6) is 0 Å². The van der Waals surface area contributed by atoms with E-state index in [1.807, 2.05) is 19.1 Å². The first-order valence-corrected chi connectivity index (χ1v) is 7.80. The molecule has 0 saturated heterocycles. The standard InChI is InChI=1S/C16H13FN2O3S/c1-10-8-13-16(23-10)15(6-3-7-18-13)22-14-5-2-4-11(19(20)21)9-12(14)17/h4-9H,2-3H2,1H3. The molecule has 3 rings (SSSR count). The van der Waals surface area contributed by atoms with Crippen molar-refractivity contribution in [3.63, 3.8) is 0 Å². The molecular weight excluding hydrogens is 319 g/mol. The summed E-state index contributed by atoms with van der Waals surface area (Å²) < 4.78 is 19.9. The normalized spacial score (nSPS) is 17.1.